The highest BCUT2D eigenvalue weighted by atomic mass is 16.4. The first-order valence-corrected chi connectivity index (χ1v) is 9.20. The van der Waals surface area contributed by atoms with Gasteiger partial charge in [0, 0.05) is 18.8 Å². The highest BCUT2D eigenvalue weighted by molar-refractivity contribution is 5.66. The number of carboxylic acid groups (broad SMARTS) is 1. The molecule has 0 amide bonds. The minimum absolute atomic E-state index is 0.0830. The van der Waals surface area contributed by atoms with E-state index in [2.05, 4.69) is 0 Å². The molecular weight excluding hydrogens is 320 g/mol. The Balaban J connectivity index is 2.50. The molecule has 0 aliphatic heterocycles. The summed E-state index contributed by atoms with van der Waals surface area (Å²) in [6.07, 6.45) is 13.5. The number of carbonyl (C=O) groups is 1. The molecule has 1 aliphatic carbocycles. The summed E-state index contributed by atoms with van der Waals surface area (Å²) in [5, 5.41) is 38.9. The fraction of sp³-hybridized carbons (Fsp3) is 0.650. The van der Waals surface area contributed by atoms with Crippen LogP contribution in [0.1, 0.15) is 51.9 Å². The first kappa shape index (κ1) is 21.6. The Morgan fingerprint density at radius 1 is 1.16 bits per heavy atom. The number of aliphatic hydroxyl groups is 3. The van der Waals surface area contributed by atoms with Crippen LogP contribution in [0.4, 0.5) is 0 Å². The van der Waals surface area contributed by atoms with Gasteiger partial charge in [0.15, 0.2) is 0 Å². The van der Waals surface area contributed by atoms with Crippen molar-refractivity contribution in [1.82, 2.24) is 0 Å². The van der Waals surface area contributed by atoms with Gasteiger partial charge in [-0.05, 0) is 38.0 Å². The lowest BCUT2D eigenvalue weighted by Gasteiger charge is -2.19. The zero-order valence-electron chi connectivity index (χ0n) is 15.0. The first-order chi connectivity index (χ1) is 12.0. The third-order valence-corrected chi connectivity index (χ3v) is 4.59. The Hall–Kier alpha value is -1.43. The summed E-state index contributed by atoms with van der Waals surface area (Å²) in [6.45, 7) is 2.04. The van der Waals surface area contributed by atoms with Crippen LogP contribution in [0.2, 0.25) is 0 Å². The normalized spacial score (nSPS) is 28.5. The Morgan fingerprint density at radius 3 is 2.60 bits per heavy atom. The number of allylic oxidation sites excluding steroid dienone is 3. The van der Waals surface area contributed by atoms with Crippen LogP contribution >= 0.6 is 0 Å². The molecule has 0 aromatic carbocycles. The van der Waals surface area contributed by atoms with Gasteiger partial charge in [-0.15, -0.1) is 0 Å². The number of hydrogen-bond donors (Lipinski definition) is 4. The monoisotopic (exact) mass is 352 g/mol. The molecule has 4 unspecified atom stereocenters. The molecular formula is C20H32O5. The van der Waals surface area contributed by atoms with E-state index in [1.165, 1.54) is 0 Å². The zero-order valence-corrected chi connectivity index (χ0v) is 15.0. The van der Waals surface area contributed by atoms with Gasteiger partial charge < -0.3 is 20.4 Å². The van der Waals surface area contributed by atoms with Gasteiger partial charge in [-0.25, -0.2) is 0 Å². The van der Waals surface area contributed by atoms with Crippen LogP contribution in [0.5, 0.6) is 0 Å². The van der Waals surface area contributed by atoms with Crippen molar-refractivity contribution in [2.75, 3.05) is 0 Å². The van der Waals surface area contributed by atoms with Crippen LogP contribution in [0.15, 0.2) is 36.5 Å². The Morgan fingerprint density at radius 2 is 1.92 bits per heavy atom. The molecule has 0 heterocycles. The molecule has 1 fully saturated rings. The van der Waals surface area contributed by atoms with Crippen molar-refractivity contribution in [3.05, 3.63) is 36.5 Å². The Bertz CT molecular complexity index is 469. The summed E-state index contributed by atoms with van der Waals surface area (Å²) < 4.78 is 0. The van der Waals surface area contributed by atoms with E-state index in [4.69, 9.17) is 5.11 Å². The van der Waals surface area contributed by atoms with Crippen molar-refractivity contribution in [1.29, 1.82) is 0 Å². The minimum atomic E-state index is -0.791. The largest absolute Gasteiger partial charge is 0.481 e. The van der Waals surface area contributed by atoms with Gasteiger partial charge in [-0.1, -0.05) is 43.4 Å². The summed E-state index contributed by atoms with van der Waals surface area (Å²) in [7, 11) is 0. The van der Waals surface area contributed by atoms with Gasteiger partial charge in [0.2, 0.25) is 0 Å². The Labute approximate surface area is 150 Å². The van der Waals surface area contributed by atoms with Crippen molar-refractivity contribution in [3.8, 4) is 0 Å². The molecule has 142 valence electrons. The van der Waals surface area contributed by atoms with Crippen molar-refractivity contribution < 1.29 is 25.2 Å². The van der Waals surface area contributed by atoms with Gasteiger partial charge in [-0.2, -0.15) is 0 Å². The second-order valence-corrected chi connectivity index (χ2v) is 6.67. The van der Waals surface area contributed by atoms with Crippen LogP contribution in [0, 0.1) is 11.8 Å². The predicted molar refractivity (Wildman–Crippen MR) is 98.0 cm³/mol. The second kappa shape index (κ2) is 12.0. The van der Waals surface area contributed by atoms with Crippen molar-refractivity contribution >= 4 is 5.97 Å². The van der Waals surface area contributed by atoms with Crippen LogP contribution in [0.25, 0.3) is 0 Å². The maximum absolute atomic E-state index is 10.5. The summed E-state index contributed by atoms with van der Waals surface area (Å²) >= 11 is 0. The third-order valence-electron chi connectivity index (χ3n) is 4.59. The number of aliphatic carboxylic acids is 1. The van der Waals surface area contributed by atoms with Gasteiger partial charge in [0.25, 0.3) is 0 Å². The number of rotatable bonds is 11. The molecule has 1 saturated carbocycles. The molecule has 25 heavy (non-hydrogen) atoms. The highest BCUT2D eigenvalue weighted by Gasteiger charge is 2.39. The number of unbranched alkanes of at least 4 members (excludes halogenated alkanes) is 1. The molecule has 0 bridgehead atoms. The van der Waals surface area contributed by atoms with E-state index in [0.29, 0.717) is 32.1 Å². The molecule has 5 nitrogen and oxygen atoms in total. The predicted octanol–water partition coefficient (Wildman–Crippen LogP) is 2.82. The maximum atomic E-state index is 10.5. The lowest BCUT2D eigenvalue weighted by molar-refractivity contribution is -0.137. The SMILES string of the molecule is CC/C=C\CC(O)/C=C/[C@H]1C(O)CC(O)C1C/C=C\CCCC(=O)O. The fourth-order valence-electron chi connectivity index (χ4n) is 3.19. The quantitative estimate of drug-likeness (QED) is 0.339. The first-order valence-electron chi connectivity index (χ1n) is 9.20. The molecule has 0 aromatic heterocycles. The number of carboxylic acids is 1. The van der Waals surface area contributed by atoms with E-state index in [9.17, 15) is 20.1 Å². The fourth-order valence-corrected chi connectivity index (χ4v) is 3.19. The molecule has 0 spiro atoms. The molecule has 0 saturated heterocycles. The molecule has 1 aliphatic rings. The zero-order chi connectivity index (χ0) is 18.7. The summed E-state index contributed by atoms with van der Waals surface area (Å²) in [5.74, 6) is -1.05. The molecule has 0 aromatic rings. The van der Waals surface area contributed by atoms with E-state index in [1.54, 1.807) is 6.08 Å². The van der Waals surface area contributed by atoms with E-state index < -0.39 is 24.3 Å². The smallest absolute Gasteiger partial charge is 0.303 e. The number of hydrogen-bond acceptors (Lipinski definition) is 4. The second-order valence-electron chi connectivity index (χ2n) is 6.67. The minimum Gasteiger partial charge on any atom is -0.481 e. The van der Waals surface area contributed by atoms with Crippen LogP contribution < -0.4 is 0 Å². The molecule has 0 radical (unpaired) electrons. The van der Waals surface area contributed by atoms with Crippen molar-refractivity contribution in [2.45, 2.75) is 70.2 Å². The van der Waals surface area contributed by atoms with E-state index in [1.807, 2.05) is 37.3 Å². The van der Waals surface area contributed by atoms with Gasteiger partial charge >= 0.3 is 5.97 Å². The topological polar surface area (TPSA) is 98.0 Å². The lowest BCUT2D eigenvalue weighted by Crippen LogP contribution is -2.20. The van der Waals surface area contributed by atoms with Crippen molar-refractivity contribution in [2.24, 2.45) is 11.8 Å². The average Bonchev–Trinajstić information content (AvgIpc) is 2.82. The molecule has 5 atom stereocenters. The van der Waals surface area contributed by atoms with E-state index in [-0.39, 0.29) is 18.3 Å². The van der Waals surface area contributed by atoms with Gasteiger partial charge in [0.1, 0.15) is 0 Å². The van der Waals surface area contributed by atoms with Gasteiger partial charge in [0.05, 0.1) is 18.3 Å². The summed E-state index contributed by atoms with van der Waals surface area (Å²) in [4.78, 5) is 10.5. The summed E-state index contributed by atoms with van der Waals surface area (Å²) in [5.41, 5.74) is 0. The van der Waals surface area contributed by atoms with Crippen LogP contribution in [0.3, 0.4) is 0 Å². The average molecular weight is 352 g/mol. The Kier molecular flexibility index (Phi) is 10.4. The molecule has 4 N–H and O–H groups in total. The maximum Gasteiger partial charge on any atom is 0.303 e. The number of aliphatic hydroxyl groups excluding tert-OH is 3. The van der Waals surface area contributed by atoms with Gasteiger partial charge in [-0.3, -0.25) is 4.79 Å². The summed E-state index contributed by atoms with van der Waals surface area (Å²) in [6, 6.07) is 0. The third kappa shape index (κ3) is 8.47. The van der Waals surface area contributed by atoms with E-state index in [0.717, 1.165) is 6.42 Å². The standard InChI is InChI=1S/C20H32O5/c1-2-3-6-9-15(21)12-13-17-16(18(22)14-19(17)23)10-7-4-5-8-11-20(24)25/h3-4,6-7,12-13,15-19,21-23H,2,5,8-11,14H2,1H3,(H,24,25)/b6-3-,7-4-,13-12+/t15?,16?,17-,18?,19?/m1/s1. The van der Waals surface area contributed by atoms with E-state index >= 15 is 0 Å². The molecule has 1 rings (SSSR count). The van der Waals surface area contributed by atoms with Crippen molar-refractivity contribution in [3.63, 3.8) is 0 Å². The lowest BCUT2D eigenvalue weighted by atomic mass is 9.89. The van der Waals surface area contributed by atoms with Crippen LogP contribution in [-0.4, -0.2) is 44.7 Å². The van der Waals surface area contributed by atoms with Crippen LogP contribution in [-0.2, 0) is 4.79 Å². The highest BCUT2D eigenvalue weighted by Crippen LogP contribution is 2.36. The molecule has 5 heteroatoms.